The minimum Gasteiger partial charge on any atom is -0.481 e. The number of aliphatic hydroxyl groups is 1. The lowest BCUT2D eigenvalue weighted by Gasteiger charge is -2.16. The second kappa shape index (κ2) is 24.2. The third kappa shape index (κ3) is 16.3. The van der Waals surface area contributed by atoms with Crippen LogP contribution in [0.1, 0.15) is 134 Å². The number of ether oxygens (including phenoxy) is 2. The topological polar surface area (TPSA) is 128 Å². The Hall–Kier alpha value is -4.91. The molecule has 0 aromatic carbocycles. The van der Waals surface area contributed by atoms with Crippen molar-refractivity contribution in [2.75, 3.05) is 0 Å². The molecule has 0 saturated carbocycles. The van der Waals surface area contributed by atoms with Crippen LogP contribution in [0.5, 0.6) is 11.8 Å². The highest BCUT2D eigenvalue weighted by atomic mass is 19.3. The van der Waals surface area contributed by atoms with Gasteiger partial charge >= 0.3 is 19.2 Å². The van der Waals surface area contributed by atoms with Gasteiger partial charge in [-0.3, -0.25) is 14.8 Å². The minimum atomic E-state index is -2.93. The standard InChI is InChI=1S/C24H30F2N2O3.C22H26F2N2O2/c25-24(26)31-22-14-12-19(16-27-22)18(15-23(29)30)8-3-1-2-4-9-20-13-11-17-7-5-6-10-21(17)28-20;23-22(24)28-21-14-10-16(15-25-21)9-13-19(27)7-3-2-6-18-12-11-17-5-1-4-8-20(17)26-18/h11-14,16,18,24H,1-10,15H2,(H,29,30);9-15,19,22,27H,1-8H2/b;13-9+. The number of hydrogen-bond acceptors (Lipinski definition) is 8. The molecule has 0 saturated heterocycles. The Morgan fingerprint density at radius 2 is 1.20 bits per heavy atom. The number of aliphatic hydroxyl groups excluding tert-OH is 1. The minimum absolute atomic E-state index is 0.00419. The van der Waals surface area contributed by atoms with Crippen LogP contribution in [0.25, 0.3) is 6.08 Å². The van der Waals surface area contributed by atoms with Crippen LogP contribution in [0.2, 0.25) is 0 Å². The molecule has 0 aliphatic heterocycles. The summed E-state index contributed by atoms with van der Waals surface area (Å²) in [6, 6.07) is 14.7. The SMILES string of the molecule is O=C(O)CC(CCCCCCc1ccc2c(n1)CCCC2)c1ccc(OC(F)F)nc1.OC(/C=C/c1ccc(OC(F)F)nc1)CCCCc1ccc2c(n1)CCCC2. The van der Waals surface area contributed by atoms with Crippen LogP contribution in [0.4, 0.5) is 17.6 Å². The predicted molar refractivity (Wildman–Crippen MR) is 218 cm³/mol. The first-order chi connectivity index (χ1) is 28.6. The lowest BCUT2D eigenvalue weighted by Crippen LogP contribution is -2.08. The van der Waals surface area contributed by atoms with Crippen molar-refractivity contribution >= 4 is 12.0 Å². The van der Waals surface area contributed by atoms with E-state index in [1.165, 1.54) is 78.4 Å². The van der Waals surface area contributed by atoms with Crippen LogP contribution in [0, 0.1) is 0 Å². The van der Waals surface area contributed by atoms with Gasteiger partial charge in [0.2, 0.25) is 11.8 Å². The number of carbonyl (C=O) groups is 1. The first-order valence-corrected chi connectivity index (χ1v) is 21.0. The number of carboxylic acid groups (broad SMARTS) is 1. The molecular weight excluding hydrogens is 765 g/mol. The van der Waals surface area contributed by atoms with Gasteiger partial charge in [-0.15, -0.1) is 0 Å². The fraction of sp³-hybridized carbons (Fsp3) is 0.500. The number of fused-ring (bicyclic) bond motifs is 2. The number of aryl methyl sites for hydroxylation is 6. The van der Waals surface area contributed by atoms with E-state index >= 15 is 0 Å². The number of hydrogen-bond donors (Lipinski definition) is 2. The van der Waals surface area contributed by atoms with Crippen LogP contribution in [-0.2, 0) is 43.3 Å². The smallest absolute Gasteiger partial charge is 0.388 e. The molecule has 4 heterocycles. The van der Waals surface area contributed by atoms with E-state index in [1.807, 2.05) is 0 Å². The second-order valence-corrected chi connectivity index (χ2v) is 15.3. The van der Waals surface area contributed by atoms with E-state index in [0.717, 1.165) is 100 Å². The lowest BCUT2D eigenvalue weighted by molar-refractivity contribution is -0.137. The summed E-state index contributed by atoms with van der Waals surface area (Å²) in [4.78, 5) is 28.5. The number of halogens is 4. The summed E-state index contributed by atoms with van der Waals surface area (Å²) in [6.45, 7) is -5.81. The van der Waals surface area contributed by atoms with Crippen molar-refractivity contribution in [1.29, 1.82) is 0 Å². The number of aromatic nitrogens is 4. The number of alkyl halides is 4. The largest absolute Gasteiger partial charge is 0.481 e. The van der Waals surface area contributed by atoms with Crippen LogP contribution in [0.3, 0.4) is 0 Å². The average molecular weight is 821 g/mol. The van der Waals surface area contributed by atoms with E-state index in [4.69, 9.17) is 9.97 Å². The first-order valence-electron chi connectivity index (χ1n) is 21.0. The molecule has 0 spiro atoms. The van der Waals surface area contributed by atoms with Gasteiger partial charge in [0.05, 0.1) is 12.5 Å². The highest BCUT2D eigenvalue weighted by Crippen LogP contribution is 2.28. The molecule has 318 valence electrons. The van der Waals surface area contributed by atoms with Crippen LogP contribution in [-0.4, -0.2) is 55.4 Å². The van der Waals surface area contributed by atoms with E-state index in [2.05, 4.69) is 43.7 Å². The summed E-state index contributed by atoms with van der Waals surface area (Å²) in [6.07, 6.45) is 24.5. The monoisotopic (exact) mass is 820 g/mol. The highest BCUT2D eigenvalue weighted by molar-refractivity contribution is 5.68. The van der Waals surface area contributed by atoms with Crippen LogP contribution < -0.4 is 9.47 Å². The van der Waals surface area contributed by atoms with Crippen LogP contribution in [0.15, 0.2) is 67.0 Å². The maximum Gasteiger partial charge on any atom is 0.388 e. The van der Waals surface area contributed by atoms with E-state index < -0.39 is 25.3 Å². The second-order valence-electron chi connectivity index (χ2n) is 15.3. The molecule has 4 aromatic heterocycles. The Labute approximate surface area is 344 Å². The summed E-state index contributed by atoms with van der Waals surface area (Å²) >= 11 is 0. The molecule has 0 fully saturated rings. The zero-order valence-corrected chi connectivity index (χ0v) is 33.6. The van der Waals surface area contributed by atoms with Gasteiger partial charge < -0.3 is 19.7 Å². The molecule has 4 aromatic rings. The van der Waals surface area contributed by atoms with Crippen molar-refractivity contribution in [2.24, 2.45) is 0 Å². The predicted octanol–water partition coefficient (Wildman–Crippen LogP) is 10.5. The average Bonchev–Trinajstić information content (AvgIpc) is 3.23. The molecular formula is C46H56F4N4O5. The molecule has 0 amide bonds. The number of unbranched alkanes of at least 4 members (excludes halogenated alkanes) is 4. The Kier molecular flexibility index (Phi) is 18.6. The molecule has 59 heavy (non-hydrogen) atoms. The van der Waals surface area contributed by atoms with Gasteiger partial charge in [0.15, 0.2) is 0 Å². The number of nitrogens with zero attached hydrogens (tertiary/aromatic N) is 4. The number of pyridine rings is 4. The number of aliphatic carboxylic acids is 1. The molecule has 13 heteroatoms. The zero-order valence-electron chi connectivity index (χ0n) is 33.6. The molecule has 2 N–H and O–H groups in total. The normalized spacial score (nSPS) is 14.6. The molecule has 0 bridgehead atoms. The summed E-state index contributed by atoms with van der Waals surface area (Å²) < 4.78 is 57.2. The molecule has 2 aliphatic rings. The summed E-state index contributed by atoms with van der Waals surface area (Å²) in [5.74, 6) is -1.35. The first kappa shape index (κ1) is 45.2. The lowest BCUT2D eigenvalue weighted by atomic mass is 9.91. The van der Waals surface area contributed by atoms with Gasteiger partial charge in [-0.05, 0) is 136 Å². The molecule has 2 unspecified atom stereocenters. The maximum atomic E-state index is 12.3. The van der Waals surface area contributed by atoms with Gasteiger partial charge in [-0.1, -0.05) is 56.0 Å². The van der Waals surface area contributed by atoms with Crippen molar-refractivity contribution in [3.8, 4) is 11.8 Å². The van der Waals surface area contributed by atoms with E-state index in [0.29, 0.717) is 6.42 Å². The molecule has 6 rings (SSSR count). The van der Waals surface area contributed by atoms with Crippen molar-refractivity contribution in [2.45, 2.75) is 147 Å². The maximum absolute atomic E-state index is 12.3. The highest BCUT2D eigenvalue weighted by Gasteiger charge is 2.17. The quantitative estimate of drug-likeness (QED) is 0.0624. The molecule has 2 atom stereocenters. The number of carboxylic acids is 1. The Bertz CT molecular complexity index is 1900. The Morgan fingerprint density at radius 1 is 0.661 bits per heavy atom. The van der Waals surface area contributed by atoms with Gasteiger partial charge in [-0.25, -0.2) is 9.97 Å². The van der Waals surface area contributed by atoms with Gasteiger partial charge in [0.25, 0.3) is 0 Å². The third-order valence-electron chi connectivity index (χ3n) is 10.7. The fourth-order valence-electron chi connectivity index (χ4n) is 7.60. The Balaban J connectivity index is 0.000000225. The van der Waals surface area contributed by atoms with Crippen molar-refractivity contribution in [1.82, 2.24) is 19.9 Å². The molecule has 9 nitrogen and oxygen atoms in total. The van der Waals surface area contributed by atoms with E-state index in [1.54, 1.807) is 24.3 Å². The summed E-state index contributed by atoms with van der Waals surface area (Å²) in [5.41, 5.74) is 9.12. The summed E-state index contributed by atoms with van der Waals surface area (Å²) in [7, 11) is 0. The molecule has 2 aliphatic carbocycles. The zero-order chi connectivity index (χ0) is 41.8. The van der Waals surface area contributed by atoms with Crippen molar-refractivity contribution in [3.05, 3.63) is 112 Å². The van der Waals surface area contributed by atoms with Crippen molar-refractivity contribution in [3.63, 3.8) is 0 Å². The van der Waals surface area contributed by atoms with Gasteiger partial charge in [0.1, 0.15) is 0 Å². The summed E-state index contributed by atoms with van der Waals surface area (Å²) in [5, 5.41) is 19.3. The molecule has 0 radical (unpaired) electrons. The van der Waals surface area contributed by atoms with Gasteiger partial charge in [0, 0.05) is 47.3 Å². The third-order valence-corrected chi connectivity index (χ3v) is 10.7. The van der Waals surface area contributed by atoms with E-state index in [-0.39, 0.29) is 24.1 Å². The number of rotatable bonds is 21. The van der Waals surface area contributed by atoms with Gasteiger partial charge in [-0.2, -0.15) is 17.6 Å². The van der Waals surface area contributed by atoms with E-state index in [9.17, 15) is 32.6 Å². The fourth-order valence-corrected chi connectivity index (χ4v) is 7.60. The Morgan fingerprint density at radius 3 is 1.75 bits per heavy atom. The van der Waals surface area contributed by atoms with Crippen molar-refractivity contribution < 1.29 is 42.0 Å². The van der Waals surface area contributed by atoms with Crippen LogP contribution >= 0.6 is 0 Å².